The van der Waals surface area contributed by atoms with Crippen molar-refractivity contribution in [1.82, 2.24) is 10.9 Å². The van der Waals surface area contributed by atoms with Crippen LogP contribution in [0, 0.1) is 0 Å². The number of amides is 2. The van der Waals surface area contributed by atoms with Crippen molar-refractivity contribution in [3.05, 3.63) is 52.5 Å². The van der Waals surface area contributed by atoms with Gasteiger partial charge in [0.1, 0.15) is 17.2 Å². The van der Waals surface area contributed by atoms with E-state index in [2.05, 4.69) is 26.8 Å². The minimum Gasteiger partial charge on any atom is -0.497 e. The molecule has 0 radical (unpaired) electrons. The Balaban J connectivity index is 1.74. The minimum atomic E-state index is -0.467. The standard InChI is InChI=1S/C19H21BrN2O5/c1-25-16-9-13(10-17(12-16)26-2)19(24)22-21-18(23)7-4-8-27-15-6-3-5-14(20)11-15/h3,5-6,9-12H,4,7-8H2,1-2H3,(H,21,23)(H,22,24). The molecule has 2 amide bonds. The van der Waals surface area contributed by atoms with Crippen LogP contribution < -0.4 is 25.1 Å². The molecule has 0 saturated heterocycles. The third-order valence-corrected chi connectivity index (χ3v) is 4.04. The van der Waals surface area contributed by atoms with Gasteiger partial charge in [-0.1, -0.05) is 22.0 Å². The molecular weight excluding hydrogens is 416 g/mol. The van der Waals surface area contributed by atoms with E-state index in [1.807, 2.05) is 24.3 Å². The first-order valence-corrected chi connectivity index (χ1v) is 9.01. The van der Waals surface area contributed by atoms with Crippen LogP contribution in [0.1, 0.15) is 23.2 Å². The fourth-order valence-electron chi connectivity index (χ4n) is 2.18. The van der Waals surface area contributed by atoms with Crippen LogP contribution in [0.4, 0.5) is 0 Å². The van der Waals surface area contributed by atoms with Gasteiger partial charge >= 0.3 is 0 Å². The Labute approximate surface area is 166 Å². The Morgan fingerprint density at radius 1 is 0.963 bits per heavy atom. The molecule has 0 aliphatic heterocycles. The monoisotopic (exact) mass is 436 g/mol. The first-order valence-electron chi connectivity index (χ1n) is 8.22. The van der Waals surface area contributed by atoms with Crippen LogP contribution in [0.5, 0.6) is 17.2 Å². The van der Waals surface area contributed by atoms with Gasteiger partial charge in [-0.2, -0.15) is 0 Å². The van der Waals surface area contributed by atoms with E-state index in [0.717, 1.165) is 10.2 Å². The van der Waals surface area contributed by atoms with Crippen LogP contribution in [-0.2, 0) is 4.79 Å². The second-order valence-corrected chi connectivity index (χ2v) is 6.43. The van der Waals surface area contributed by atoms with Crippen molar-refractivity contribution in [2.75, 3.05) is 20.8 Å². The highest BCUT2D eigenvalue weighted by atomic mass is 79.9. The third kappa shape index (κ3) is 6.82. The number of hydrazine groups is 1. The molecule has 0 heterocycles. The number of nitrogens with one attached hydrogen (secondary N) is 2. The SMILES string of the molecule is COc1cc(OC)cc(C(=O)NNC(=O)CCCOc2cccc(Br)c2)c1. The highest BCUT2D eigenvalue weighted by Crippen LogP contribution is 2.22. The molecule has 0 bridgehead atoms. The molecule has 2 aromatic rings. The zero-order chi connectivity index (χ0) is 19.6. The molecule has 0 aromatic heterocycles. The zero-order valence-corrected chi connectivity index (χ0v) is 16.7. The summed E-state index contributed by atoms with van der Waals surface area (Å²) in [5.41, 5.74) is 5.06. The predicted octanol–water partition coefficient (Wildman–Crippen LogP) is 3.09. The summed E-state index contributed by atoms with van der Waals surface area (Å²) in [5.74, 6) is 0.915. The molecule has 27 heavy (non-hydrogen) atoms. The first kappa shape index (κ1) is 20.6. The van der Waals surface area contributed by atoms with Crippen LogP contribution in [0.2, 0.25) is 0 Å². The number of carbonyl (C=O) groups excluding carboxylic acids is 2. The van der Waals surface area contributed by atoms with Gasteiger partial charge in [0.05, 0.1) is 20.8 Å². The lowest BCUT2D eigenvalue weighted by molar-refractivity contribution is -0.122. The molecule has 2 rings (SSSR count). The van der Waals surface area contributed by atoms with E-state index < -0.39 is 5.91 Å². The molecule has 0 aliphatic carbocycles. The summed E-state index contributed by atoms with van der Waals surface area (Å²) in [6, 6.07) is 12.2. The summed E-state index contributed by atoms with van der Waals surface area (Å²) in [5, 5.41) is 0. The number of hydrogen-bond acceptors (Lipinski definition) is 5. The molecule has 144 valence electrons. The van der Waals surface area contributed by atoms with E-state index in [4.69, 9.17) is 14.2 Å². The van der Waals surface area contributed by atoms with Gasteiger partial charge in [-0.15, -0.1) is 0 Å². The van der Waals surface area contributed by atoms with Crippen molar-refractivity contribution in [2.45, 2.75) is 12.8 Å². The van der Waals surface area contributed by atoms with Gasteiger partial charge in [-0.05, 0) is 36.8 Å². The van der Waals surface area contributed by atoms with Crippen molar-refractivity contribution >= 4 is 27.7 Å². The number of rotatable bonds is 8. The maximum absolute atomic E-state index is 12.2. The Hall–Kier alpha value is -2.74. The zero-order valence-electron chi connectivity index (χ0n) is 15.1. The number of halogens is 1. The second-order valence-electron chi connectivity index (χ2n) is 5.51. The third-order valence-electron chi connectivity index (χ3n) is 3.54. The summed E-state index contributed by atoms with van der Waals surface area (Å²) in [6.07, 6.45) is 0.733. The van der Waals surface area contributed by atoms with E-state index in [1.165, 1.54) is 14.2 Å². The van der Waals surface area contributed by atoms with Gasteiger partial charge in [0.25, 0.3) is 5.91 Å². The highest BCUT2D eigenvalue weighted by Gasteiger charge is 2.11. The van der Waals surface area contributed by atoms with Crippen molar-refractivity contribution in [3.8, 4) is 17.2 Å². The van der Waals surface area contributed by atoms with Gasteiger partial charge in [0.15, 0.2) is 0 Å². The maximum Gasteiger partial charge on any atom is 0.269 e. The average Bonchev–Trinajstić information content (AvgIpc) is 2.69. The van der Waals surface area contributed by atoms with Gasteiger partial charge in [-0.3, -0.25) is 20.4 Å². The summed E-state index contributed by atoms with van der Waals surface area (Å²) in [7, 11) is 2.99. The molecule has 0 aliphatic rings. The van der Waals surface area contributed by atoms with Gasteiger partial charge in [0, 0.05) is 22.5 Å². The molecule has 0 unspecified atom stereocenters. The molecule has 0 fully saturated rings. The summed E-state index contributed by atoms with van der Waals surface area (Å²) in [6.45, 7) is 0.394. The van der Waals surface area contributed by atoms with Crippen molar-refractivity contribution in [1.29, 1.82) is 0 Å². The largest absolute Gasteiger partial charge is 0.497 e. The molecule has 0 spiro atoms. The Morgan fingerprint density at radius 3 is 2.30 bits per heavy atom. The summed E-state index contributed by atoms with van der Waals surface area (Å²) in [4.78, 5) is 24.0. The van der Waals surface area contributed by atoms with Gasteiger partial charge in [-0.25, -0.2) is 0 Å². The van der Waals surface area contributed by atoms with Crippen LogP contribution in [0.15, 0.2) is 46.9 Å². The van der Waals surface area contributed by atoms with Crippen molar-refractivity contribution in [3.63, 3.8) is 0 Å². The van der Waals surface area contributed by atoms with Crippen molar-refractivity contribution in [2.24, 2.45) is 0 Å². The van der Waals surface area contributed by atoms with Crippen LogP contribution >= 0.6 is 15.9 Å². The van der Waals surface area contributed by atoms with Crippen molar-refractivity contribution < 1.29 is 23.8 Å². The minimum absolute atomic E-state index is 0.218. The number of hydrogen-bond donors (Lipinski definition) is 2. The predicted molar refractivity (Wildman–Crippen MR) is 104 cm³/mol. The van der Waals surface area contributed by atoms with Crippen LogP contribution in [0.3, 0.4) is 0 Å². The first-order chi connectivity index (χ1) is 13.0. The number of ether oxygens (including phenoxy) is 3. The van der Waals surface area contributed by atoms with E-state index in [1.54, 1.807) is 18.2 Å². The van der Waals surface area contributed by atoms with Crippen LogP contribution in [-0.4, -0.2) is 32.6 Å². The van der Waals surface area contributed by atoms with Gasteiger partial charge in [0.2, 0.25) is 5.91 Å². The average molecular weight is 437 g/mol. The fraction of sp³-hybridized carbons (Fsp3) is 0.263. The smallest absolute Gasteiger partial charge is 0.269 e. The summed E-state index contributed by atoms with van der Waals surface area (Å²) < 4.78 is 16.7. The second kappa shape index (κ2) is 10.4. The number of methoxy groups -OCH3 is 2. The molecule has 8 heteroatoms. The molecule has 2 N–H and O–H groups in total. The van der Waals surface area contributed by atoms with E-state index in [-0.39, 0.29) is 12.3 Å². The van der Waals surface area contributed by atoms with E-state index in [0.29, 0.717) is 30.1 Å². The lowest BCUT2D eigenvalue weighted by Gasteiger charge is -2.10. The number of carbonyl (C=O) groups is 2. The summed E-state index contributed by atoms with van der Waals surface area (Å²) >= 11 is 3.37. The maximum atomic E-state index is 12.2. The molecular formula is C19H21BrN2O5. The molecule has 7 nitrogen and oxygen atoms in total. The highest BCUT2D eigenvalue weighted by molar-refractivity contribution is 9.10. The quantitative estimate of drug-likeness (QED) is 0.490. The Morgan fingerprint density at radius 2 is 1.67 bits per heavy atom. The lowest BCUT2D eigenvalue weighted by atomic mass is 10.2. The molecule has 0 saturated carbocycles. The van der Waals surface area contributed by atoms with E-state index in [9.17, 15) is 9.59 Å². The topological polar surface area (TPSA) is 85.9 Å². The lowest BCUT2D eigenvalue weighted by Crippen LogP contribution is -2.41. The van der Waals surface area contributed by atoms with Crippen LogP contribution in [0.25, 0.3) is 0 Å². The molecule has 2 aromatic carbocycles. The Bertz CT molecular complexity index is 775. The Kier molecular flexibility index (Phi) is 7.94. The van der Waals surface area contributed by atoms with E-state index >= 15 is 0 Å². The molecule has 0 atom stereocenters. The normalized spacial score (nSPS) is 10.0. The fourth-order valence-corrected chi connectivity index (χ4v) is 2.56. The van der Waals surface area contributed by atoms with Gasteiger partial charge < -0.3 is 14.2 Å². The number of benzene rings is 2.